The largest absolute Gasteiger partial charge is 0.305 e. The number of hydrogen-bond acceptors (Lipinski definition) is 4. The van der Waals surface area contributed by atoms with Crippen LogP contribution in [-0.2, 0) is 6.54 Å². The Morgan fingerprint density at radius 3 is 2.73 bits per heavy atom. The molecule has 0 fully saturated rings. The summed E-state index contributed by atoms with van der Waals surface area (Å²) in [6.45, 7) is 0.614. The van der Waals surface area contributed by atoms with Gasteiger partial charge in [-0.1, -0.05) is 30.3 Å². The molecule has 0 saturated carbocycles. The number of hydrogen-bond donors (Lipinski definition) is 2. The second-order valence-electron chi connectivity index (χ2n) is 5.77. The van der Waals surface area contributed by atoms with Crippen LogP contribution in [0.3, 0.4) is 0 Å². The predicted octanol–water partition coefficient (Wildman–Crippen LogP) is 2.97. The summed E-state index contributed by atoms with van der Waals surface area (Å²) in [5, 5.41) is 14.1. The minimum Gasteiger partial charge on any atom is -0.305 e. The van der Waals surface area contributed by atoms with Gasteiger partial charge in [-0.25, -0.2) is 0 Å². The number of pyridine rings is 1. The Balaban J connectivity index is 1.43. The lowest BCUT2D eigenvalue weighted by Crippen LogP contribution is -2.11. The molecule has 0 unspecified atom stereocenters. The van der Waals surface area contributed by atoms with Crippen molar-refractivity contribution in [3.05, 3.63) is 84.4 Å². The van der Waals surface area contributed by atoms with Gasteiger partial charge in [-0.2, -0.15) is 10.2 Å². The highest BCUT2D eigenvalue weighted by Gasteiger charge is 2.11. The van der Waals surface area contributed by atoms with E-state index in [1.54, 1.807) is 35.5 Å². The number of anilines is 1. The molecule has 0 saturated heterocycles. The Morgan fingerprint density at radius 2 is 1.92 bits per heavy atom. The summed E-state index contributed by atoms with van der Waals surface area (Å²) < 4.78 is 1.73. The van der Waals surface area contributed by atoms with Gasteiger partial charge in [0.25, 0.3) is 5.91 Å². The van der Waals surface area contributed by atoms with E-state index in [0.29, 0.717) is 17.9 Å². The first-order valence-electron chi connectivity index (χ1n) is 8.11. The molecule has 2 N–H and O–H groups in total. The van der Waals surface area contributed by atoms with Crippen molar-refractivity contribution in [3.8, 4) is 11.3 Å². The van der Waals surface area contributed by atoms with Crippen LogP contribution in [0.25, 0.3) is 11.3 Å². The van der Waals surface area contributed by atoms with Crippen LogP contribution >= 0.6 is 0 Å². The van der Waals surface area contributed by atoms with Crippen LogP contribution in [-0.4, -0.2) is 30.9 Å². The molecule has 1 amide bonds. The van der Waals surface area contributed by atoms with Crippen LogP contribution in [0.5, 0.6) is 0 Å². The van der Waals surface area contributed by atoms with Crippen LogP contribution < -0.4 is 5.32 Å². The van der Waals surface area contributed by atoms with E-state index in [9.17, 15) is 4.79 Å². The molecule has 0 radical (unpaired) electrons. The third-order valence-corrected chi connectivity index (χ3v) is 3.89. The van der Waals surface area contributed by atoms with E-state index in [-0.39, 0.29) is 5.91 Å². The lowest BCUT2D eigenvalue weighted by molar-refractivity contribution is 0.102. The molecule has 0 aliphatic rings. The van der Waals surface area contributed by atoms with Gasteiger partial charge in [0.1, 0.15) is 0 Å². The topological polar surface area (TPSA) is 88.5 Å². The van der Waals surface area contributed by atoms with Crippen LogP contribution in [0.4, 0.5) is 5.82 Å². The van der Waals surface area contributed by atoms with Crippen molar-refractivity contribution in [3.63, 3.8) is 0 Å². The fourth-order valence-corrected chi connectivity index (χ4v) is 2.59. The van der Waals surface area contributed by atoms with Crippen molar-refractivity contribution >= 4 is 11.7 Å². The van der Waals surface area contributed by atoms with E-state index in [4.69, 9.17) is 0 Å². The number of carbonyl (C=O) groups is 1. The zero-order chi connectivity index (χ0) is 17.8. The average Bonchev–Trinajstić information content (AvgIpc) is 3.33. The highest BCUT2D eigenvalue weighted by Crippen LogP contribution is 2.19. The number of benzene rings is 1. The fraction of sp³-hybridized carbons (Fsp3) is 0.0526. The first kappa shape index (κ1) is 15.8. The monoisotopic (exact) mass is 344 g/mol. The molecular weight excluding hydrogens is 328 g/mol. The maximum absolute atomic E-state index is 12.4. The molecule has 3 heterocycles. The van der Waals surface area contributed by atoms with Gasteiger partial charge in [-0.05, 0) is 17.7 Å². The first-order valence-corrected chi connectivity index (χ1v) is 8.11. The quantitative estimate of drug-likeness (QED) is 0.582. The Morgan fingerprint density at radius 1 is 1.12 bits per heavy atom. The van der Waals surface area contributed by atoms with E-state index < -0.39 is 0 Å². The third kappa shape index (κ3) is 3.51. The van der Waals surface area contributed by atoms with Crippen molar-refractivity contribution in [1.82, 2.24) is 25.0 Å². The summed E-state index contributed by atoms with van der Waals surface area (Å²) in [6, 6.07) is 15.5. The maximum atomic E-state index is 12.4. The number of aromatic nitrogens is 5. The second kappa shape index (κ2) is 7.02. The van der Waals surface area contributed by atoms with Crippen molar-refractivity contribution in [2.24, 2.45) is 0 Å². The molecule has 0 bridgehead atoms. The van der Waals surface area contributed by atoms with Gasteiger partial charge >= 0.3 is 0 Å². The molecule has 0 aliphatic heterocycles. The summed E-state index contributed by atoms with van der Waals surface area (Å²) in [6.07, 6.45) is 6.68. The number of amides is 1. The molecule has 128 valence electrons. The lowest BCUT2D eigenvalue weighted by Gasteiger charge is -2.01. The zero-order valence-electron chi connectivity index (χ0n) is 13.8. The summed E-state index contributed by atoms with van der Waals surface area (Å²) >= 11 is 0. The summed E-state index contributed by atoms with van der Waals surface area (Å²) in [5.41, 5.74) is 3.36. The molecule has 26 heavy (non-hydrogen) atoms. The number of carbonyl (C=O) groups excluding carboxylic acids is 1. The normalized spacial score (nSPS) is 10.6. The van der Waals surface area contributed by atoms with E-state index in [1.807, 2.05) is 42.5 Å². The summed E-state index contributed by atoms with van der Waals surface area (Å²) in [4.78, 5) is 16.4. The highest BCUT2D eigenvalue weighted by molar-refractivity contribution is 6.03. The van der Waals surface area contributed by atoms with Crippen LogP contribution in [0, 0.1) is 0 Å². The molecule has 7 heteroatoms. The molecule has 0 aliphatic carbocycles. The number of aromatic amines is 1. The maximum Gasteiger partial charge on any atom is 0.260 e. The van der Waals surface area contributed by atoms with Gasteiger partial charge < -0.3 is 5.32 Å². The highest BCUT2D eigenvalue weighted by atomic mass is 16.1. The molecule has 4 rings (SSSR count). The van der Waals surface area contributed by atoms with Gasteiger partial charge in [0.15, 0.2) is 5.82 Å². The Bertz CT molecular complexity index is 1010. The van der Waals surface area contributed by atoms with Crippen molar-refractivity contribution < 1.29 is 4.79 Å². The fourth-order valence-electron chi connectivity index (χ4n) is 2.59. The Labute approximate surface area is 149 Å². The number of nitrogens with zero attached hydrogens (tertiary/aromatic N) is 4. The minimum absolute atomic E-state index is 0.253. The Kier molecular flexibility index (Phi) is 4.26. The van der Waals surface area contributed by atoms with Gasteiger partial charge in [-0.15, -0.1) is 0 Å². The second-order valence-corrected chi connectivity index (χ2v) is 5.77. The van der Waals surface area contributed by atoms with Crippen molar-refractivity contribution in [2.75, 3.05) is 5.32 Å². The predicted molar refractivity (Wildman–Crippen MR) is 97.5 cm³/mol. The molecule has 0 atom stereocenters. The van der Waals surface area contributed by atoms with Crippen LogP contribution in [0.15, 0.2) is 73.3 Å². The summed E-state index contributed by atoms with van der Waals surface area (Å²) in [5.74, 6) is 0.203. The van der Waals surface area contributed by atoms with Crippen molar-refractivity contribution in [1.29, 1.82) is 0 Å². The number of nitrogens with one attached hydrogen (secondary N) is 2. The number of H-pyrrole nitrogens is 1. The van der Waals surface area contributed by atoms with E-state index in [1.165, 1.54) is 0 Å². The summed E-state index contributed by atoms with van der Waals surface area (Å²) in [7, 11) is 0. The first-order chi connectivity index (χ1) is 12.8. The molecular formula is C19H16N6O. The molecule has 3 aromatic heterocycles. The zero-order valence-corrected chi connectivity index (χ0v) is 13.8. The Hall–Kier alpha value is -3.74. The van der Waals surface area contributed by atoms with Gasteiger partial charge in [0.05, 0.1) is 24.0 Å². The van der Waals surface area contributed by atoms with E-state index in [2.05, 4.69) is 25.6 Å². The smallest absolute Gasteiger partial charge is 0.260 e. The SMILES string of the molecule is O=C(Nc1cc(-c2ccncc2)[nH]n1)c1cnn(Cc2ccccc2)c1. The van der Waals surface area contributed by atoms with Gasteiger partial charge in [0.2, 0.25) is 0 Å². The van der Waals surface area contributed by atoms with Crippen LogP contribution in [0.1, 0.15) is 15.9 Å². The molecule has 0 spiro atoms. The van der Waals surface area contributed by atoms with Crippen molar-refractivity contribution in [2.45, 2.75) is 6.54 Å². The van der Waals surface area contributed by atoms with Gasteiger partial charge in [0, 0.05) is 30.2 Å². The van der Waals surface area contributed by atoms with Gasteiger partial charge in [-0.3, -0.25) is 19.6 Å². The molecule has 7 nitrogen and oxygen atoms in total. The van der Waals surface area contributed by atoms with Crippen LogP contribution in [0.2, 0.25) is 0 Å². The molecule has 1 aromatic carbocycles. The number of rotatable bonds is 5. The molecule has 4 aromatic rings. The van der Waals surface area contributed by atoms with E-state index in [0.717, 1.165) is 16.8 Å². The third-order valence-electron chi connectivity index (χ3n) is 3.89. The lowest BCUT2D eigenvalue weighted by atomic mass is 10.2. The average molecular weight is 344 g/mol. The standard InChI is InChI=1S/C19H16N6O/c26-19(16-11-21-25(13-16)12-14-4-2-1-3-5-14)22-18-10-17(23-24-18)15-6-8-20-9-7-15/h1-11,13H,12H2,(H2,22,23,24,26). The minimum atomic E-state index is -0.253. The van der Waals surface area contributed by atoms with E-state index >= 15 is 0 Å².